The third kappa shape index (κ3) is 9.51. The number of esters is 1. The molecule has 1 heterocycles. The zero-order valence-corrected chi connectivity index (χ0v) is 24.0. The number of carbonyl (C=O) groups is 3. The van der Waals surface area contributed by atoms with Crippen molar-refractivity contribution in [2.75, 3.05) is 19.8 Å². The average molecular weight is 575 g/mol. The van der Waals surface area contributed by atoms with Gasteiger partial charge in [0.15, 0.2) is 5.79 Å². The van der Waals surface area contributed by atoms with Gasteiger partial charge >= 0.3 is 11.9 Å². The predicted octanol–water partition coefficient (Wildman–Crippen LogP) is 3.75. The zero-order valence-electron chi connectivity index (χ0n) is 24.0. The minimum atomic E-state index is -1.01. The zero-order chi connectivity index (χ0) is 30.0. The second-order valence-corrected chi connectivity index (χ2v) is 10.7. The van der Waals surface area contributed by atoms with E-state index in [1.165, 1.54) is 0 Å². The van der Waals surface area contributed by atoms with Crippen LogP contribution in [0.25, 0.3) is 11.1 Å². The molecule has 0 spiro atoms. The summed E-state index contributed by atoms with van der Waals surface area (Å²) in [5, 5.41) is 14.9. The van der Waals surface area contributed by atoms with Gasteiger partial charge in [0.1, 0.15) is 18.8 Å². The molecule has 0 radical (unpaired) electrons. The van der Waals surface area contributed by atoms with E-state index in [1.54, 1.807) is 13.8 Å². The molecule has 0 aliphatic carbocycles. The van der Waals surface area contributed by atoms with Gasteiger partial charge in [-0.1, -0.05) is 84.9 Å². The monoisotopic (exact) mass is 574 g/mol. The van der Waals surface area contributed by atoms with Crippen LogP contribution in [0.15, 0.2) is 84.9 Å². The van der Waals surface area contributed by atoms with E-state index >= 15 is 0 Å². The highest BCUT2D eigenvalue weighted by molar-refractivity contribution is 5.84. The highest BCUT2D eigenvalue weighted by Gasteiger charge is 2.34. The molecule has 9 nitrogen and oxygen atoms in total. The van der Waals surface area contributed by atoms with Gasteiger partial charge < -0.3 is 24.6 Å². The van der Waals surface area contributed by atoms with Crippen molar-refractivity contribution in [1.29, 1.82) is 0 Å². The van der Waals surface area contributed by atoms with Gasteiger partial charge in [-0.2, -0.15) is 0 Å². The maximum atomic E-state index is 13.5. The average Bonchev–Trinajstić information content (AvgIpc) is 3.34. The normalized spacial score (nSPS) is 17.2. The molecule has 222 valence electrons. The van der Waals surface area contributed by atoms with Crippen molar-refractivity contribution in [2.24, 2.45) is 0 Å². The summed E-state index contributed by atoms with van der Waals surface area (Å²) in [5.74, 6) is -2.67. The van der Waals surface area contributed by atoms with Crippen LogP contribution in [-0.2, 0) is 41.4 Å². The molecule has 1 amide bonds. The Labute approximate surface area is 246 Å². The summed E-state index contributed by atoms with van der Waals surface area (Å²) < 4.78 is 17.0. The van der Waals surface area contributed by atoms with E-state index in [9.17, 15) is 14.4 Å². The van der Waals surface area contributed by atoms with Crippen LogP contribution in [0.3, 0.4) is 0 Å². The Kier molecular flexibility index (Phi) is 10.8. The maximum absolute atomic E-state index is 13.5. The number of amides is 1. The molecule has 3 N–H and O–H groups in total. The molecule has 9 heteroatoms. The first-order valence-electron chi connectivity index (χ1n) is 14.1. The highest BCUT2D eigenvalue weighted by atomic mass is 16.7. The van der Waals surface area contributed by atoms with Crippen LogP contribution >= 0.6 is 0 Å². The first-order chi connectivity index (χ1) is 20.2. The minimum absolute atomic E-state index is 0.0154. The lowest BCUT2D eigenvalue weighted by molar-refractivity contribution is -0.160. The minimum Gasteiger partial charge on any atom is -0.481 e. The largest absolute Gasteiger partial charge is 0.481 e. The number of aliphatic carboxylic acids is 1. The second-order valence-electron chi connectivity index (χ2n) is 10.7. The van der Waals surface area contributed by atoms with E-state index in [0.717, 1.165) is 22.3 Å². The van der Waals surface area contributed by atoms with Crippen molar-refractivity contribution in [2.45, 2.75) is 57.1 Å². The quantitative estimate of drug-likeness (QED) is 0.249. The molecule has 3 atom stereocenters. The van der Waals surface area contributed by atoms with Crippen LogP contribution in [0.1, 0.15) is 31.4 Å². The Morgan fingerprint density at radius 2 is 1.48 bits per heavy atom. The van der Waals surface area contributed by atoms with Crippen molar-refractivity contribution < 1.29 is 33.7 Å². The third-order valence-corrected chi connectivity index (χ3v) is 6.90. The number of nitrogens with one attached hydrogen (secondary N) is 2. The molecule has 1 saturated heterocycles. The second kappa shape index (κ2) is 14.7. The van der Waals surface area contributed by atoms with E-state index in [4.69, 9.17) is 19.3 Å². The smallest absolute Gasteiger partial charge is 0.323 e. The van der Waals surface area contributed by atoms with Crippen molar-refractivity contribution in [3.05, 3.63) is 96.1 Å². The molecular formula is C33H38N2O7. The number of carboxylic acid groups (broad SMARTS) is 1. The summed E-state index contributed by atoms with van der Waals surface area (Å²) in [7, 11) is 0. The van der Waals surface area contributed by atoms with E-state index in [-0.39, 0.29) is 26.0 Å². The topological polar surface area (TPSA) is 123 Å². The first kappa shape index (κ1) is 30.9. The lowest BCUT2D eigenvalue weighted by Gasteiger charge is -2.25. The first-order valence-corrected chi connectivity index (χ1v) is 14.1. The lowest BCUT2D eigenvalue weighted by Crippen LogP contribution is -2.53. The molecule has 2 unspecified atom stereocenters. The summed E-state index contributed by atoms with van der Waals surface area (Å²) in [6, 6.07) is 25.7. The lowest BCUT2D eigenvalue weighted by atomic mass is 9.99. The van der Waals surface area contributed by atoms with Gasteiger partial charge in [-0.15, -0.1) is 0 Å². The Morgan fingerprint density at radius 1 is 0.881 bits per heavy atom. The molecule has 0 saturated carbocycles. The Morgan fingerprint density at radius 3 is 2.10 bits per heavy atom. The number of ether oxygens (including phenoxy) is 3. The Hall–Kier alpha value is -4.05. The van der Waals surface area contributed by atoms with Crippen LogP contribution in [0.4, 0.5) is 0 Å². The number of rotatable bonds is 14. The van der Waals surface area contributed by atoms with E-state index in [0.29, 0.717) is 13.0 Å². The number of hydrogen-bond donors (Lipinski definition) is 3. The molecule has 1 fully saturated rings. The summed E-state index contributed by atoms with van der Waals surface area (Å²) in [4.78, 5) is 37.7. The van der Waals surface area contributed by atoms with Gasteiger partial charge in [0, 0.05) is 6.54 Å². The molecule has 0 bridgehead atoms. The van der Waals surface area contributed by atoms with Crippen LogP contribution in [0.5, 0.6) is 0 Å². The van der Waals surface area contributed by atoms with Gasteiger partial charge in [0.05, 0.1) is 19.1 Å². The predicted molar refractivity (Wildman–Crippen MR) is 158 cm³/mol. The fourth-order valence-corrected chi connectivity index (χ4v) is 4.77. The van der Waals surface area contributed by atoms with Crippen LogP contribution in [0, 0.1) is 0 Å². The summed E-state index contributed by atoms with van der Waals surface area (Å²) in [5.41, 5.74) is 3.91. The van der Waals surface area contributed by atoms with Crippen molar-refractivity contribution in [3.63, 3.8) is 0 Å². The fraction of sp³-hybridized carbons (Fsp3) is 0.364. The van der Waals surface area contributed by atoms with Gasteiger partial charge in [0.2, 0.25) is 5.91 Å². The standard InChI is InChI=1S/C33H38N2O7/c1-33(2)41-22-27(42-33)21-40-32(39)29(20-24-13-15-26(16-14-24)25-11-7-4-8-12-25)35-28(19-23-9-5-3-6-10-23)31(38)34-18-17-30(36)37/h3-16,27-29,35H,17-22H2,1-2H3,(H,34,38)(H,36,37)/t27?,28-,29?/m0/s1. The van der Waals surface area contributed by atoms with E-state index in [2.05, 4.69) is 10.6 Å². The van der Waals surface area contributed by atoms with Crippen LogP contribution < -0.4 is 10.6 Å². The number of carboxylic acids is 1. The van der Waals surface area contributed by atoms with Gasteiger partial charge in [-0.05, 0) is 48.9 Å². The van der Waals surface area contributed by atoms with Crippen molar-refractivity contribution >= 4 is 17.8 Å². The van der Waals surface area contributed by atoms with Gasteiger partial charge in [-0.25, -0.2) is 0 Å². The maximum Gasteiger partial charge on any atom is 0.323 e. The Bertz CT molecular complexity index is 1310. The molecule has 42 heavy (non-hydrogen) atoms. The van der Waals surface area contributed by atoms with Gasteiger partial charge in [0.25, 0.3) is 0 Å². The molecular weight excluding hydrogens is 536 g/mol. The molecule has 3 aromatic rings. The SMILES string of the molecule is CC1(C)OCC(COC(=O)C(Cc2ccc(-c3ccccc3)cc2)N[C@@H](Cc2ccccc2)C(=O)NCCC(=O)O)O1. The van der Waals surface area contributed by atoms with E-state index in [1.807, 2.05) is 84.9 Å². The summed E-state index contributed by atoms with van der Waals surface area (Å²) in [6.07, 6.45) is -0.0310. The molecule has 4 rings (SSSR count). The summed E-state index contributed by atoms with van der Waals surface area (Å²) >= 11 is 0. The molecule has 1 aliphatic heterocycles. The fourth-order valence-electron chi connectivity index (χ4n) is 4.77. The highest BCUT2D eigenvalue weighted by Crippen LogP contribution is 2.23. The Balaban J connectivity index is 1.52. The van der Waals surface area contributed by atoms with Crippen molar-refractivity contribution in [1.82, 2.24) is 10.6 Å². The third-order valence-electron chi connectivity index (χ3n) is 6.90. The van der Waals surface area contributed by atoms with Gasteiger partial charge in [-0.3, -0.25) is 19.7 Å². The van der Waals surface area contributed by atoms with Crippen LogP contribution in [0.2, 0.25) is 0 Å². The molecule has 1 aliphatic rings. The van der Waals surface area contributed by atoms with Crippen LogP contribution in [-0.4, -0.2) is 66.7 Å². The molecule has 3 aromatic carbocycles. The molecule has 0 aromatic heterocycles. The number of hydrogen-bond acceptors (Lipinski definition) is 7. The van der Waals surface area contributed by atoms with Crippen molar-refractivity contribution in [3.8, 4) is 11.1 Å². The number of benzene rings is 3. The summed E-state index contributed by atoms with van der Waals surface area (Å²) in [6.45, 7) is 3.90. The van der Waals surface area contributed by atoms with E-state index < -0.39 is 41.8 Å². The number of carbonyl (C=O) groups excluding carboxylic acids is 2.